The molecule has 8 nitrogen and oxygen atoms in total. The van der Waals surface area contributed by atoms with Gasteiger partial charge in [-0.1, -0.05) is 12.1 Å². The van der Waals surface area contributed by atoms with Crippen LogP contribution in [0, 0.1) is 10.1 Å². The van der Waals surface area contributed by atoms with Gasteiger partial charge in [-0.05, 0) is 36.6 Å². The Kier molecular flexibility index (Phi) is 5.47. The lowest BCUT2D eigenvalue weighted by Crippen LogP contribution is -2.30. The molecule has 1 amide bonds. The van der Waals surface area contributed by atoms with Gasteiger partial charge in [0.2, 0.25) is 0 Å². The molecule has 1 aromatic carbocycles. The summed E-state index contributed by atoms with van der Waals surface area (Å²) in [5.74, 6) is 1.07. The van der Waals surface area contributed by atoms with Crippen LogP contribution in [0.15, 0.2) is 48.7 Å². The monoisotopic (exact) mass is 371 g/mol. The first-order valence-corrected chi connectivity index (χ1v) is 9.33. The molecular weight excluding hydrogens is 354 g/mol. The molecule has 0 fully saturated rings. The van der Waals surface area contributed by atoms with Gasteiger partial charge < -0.3 is 5.32 Å². The number of rotatable bonds is 7. The predicted octanol–water partition coefficient (Wildman–Crippen LogP) is 2.86. The molecule has 2 aromatic heterocycles. The van der Waals surface area contributed by atoms with Crippen molar-refractivity contribution in [3.8, 4) is 0 Å². The molecule has 3 rings (SSSR count). The number of nitro benzene ring substituents is 1. The molecule has 1 N–H and O–H groups in total. The number of nitrogens with zero attached hydrogens (tertiary/aromatic N) is 4. The van der Waals surface area contributed by atoms with Crippen molar-refractivity contribution in [2.24, 2.45) is 0 Å². The number of hydrogen-bond acceptors (Lipinski definition) is 6. The molecule has 0 saturated carbocycles. The van der Waals surface area contributed by atoms with Crippen LogP contribution in [0.25, 0.3) is 5.65 Å². The average Bonchev–Trinajstić information content (AvgIpc) is 3.09. The van der Waals surface area contributed by atoms with E-state index in [1.807, 2.05) is 35.1 Å². The lowest BCUT2D eigenvalue weighted by molar-refractivity contribution is -0.384. The number of aromatic nitrogens is 3. The first-order valence-electron chi connectivity index (χ1n) is 7.94. The molecule has 0 radical (unpaired) electrons. The van der Waals surface area contributed by atoms with E-state index in [4.69, 9.17) is 0 Å². The van der Waals surface area contributed by atoms with E-state index in [0.717, 1.165) is 5.75 Å². The van der Waals surface area contributed by atoms with Crippen molar-refractivity contribution < 1.29 is 9.72 Å². The molecule has 134 valence electrons. The highest BCUT2D eigenvalue weighted by molar-refractivity contribution is 7.98. The summed E-state index contributed by atoms with van der Waals surface area (Å²) in [4.78, 5) is 23.0. The first kappa shape index (κ1) is 17.9. The van der Waals surface area contributed by atoms with Gasteiger partial charge in [-0.3, -0.25) is 19.3 Å². The Labute approximate surface area is 153 Å². The number of thioether (sulfide) groups is 1. The van der Waals surface area contributed by atoms with Gasteiger partial charge in [0.05, 0.1) is 11.0 Å². The smallest absolute Gasteiger partial charge is 0.270 e. The van der Waals surface area contributed by atoms with Crippen LogP contribution in [-0.4, -0.2) is 37.4 Å². The molecule has 0 aliphatic heterocycles. The highest BCUT2D eigenvalue weighted by atomic mass is 32.2. The van der Waals surface area contributed by atoms with Crippen LogP contribution in [0.1, 0.15) is 28.6 Å². The van der Waals surface area contributed by atoms with Crippen LogP contribution in [-0.2, 0) is 0 Å². The number of nitro groups is 1. The lowest BCUT2D eigenvalue weighted by Gasteiger charge is -2.17. The second-order valence-corrected chi connectivity index (χ2v) is 6.59. The van der Waals surface area contributed by atoms with Crippen LogP contribution >= 0.6 is 11.8 Å². The summed E-state index contributed by atoms with van der Waals surface area (Å²) in [5.41, 5.74) is 0.815. The van der Waals surface area contributed by atoms with Crippen molar-refractivity contribution in [2.45, 2.75) is 12.5 Å². The average molecular weight is 371 g/mol. The Balaban J connectivity index is 1.88. The summed E-state index contributed by atoms with van der Waals surface area (Å²) < 4.78 is 1.83. The number of amides is 1. The molecule has 0 spiro atoms. The Hall–Kier alpha value is -2.94. The summed E-state index contributed by atoms with van der Waals surface area (Å²) in [6.07, 6.45) is 4.50. The van der Waals surface area contributed by atoms with Gasteiger partial charge in [0.25, 0.3) is 11.6 Å². The largest absolute Gasteiger partial charge is 0.342 e. The summed E-state index contributed by atoms with van der Waals surface area (Å²) in [6, 6.07) is 10.9. The van der Waals surface area contributed by atoms with Gasteiger partial charge in [0.15, 0.2) is 11.5 Å². The molecular formula is C17H17N5O3S. The molecule has 0 bridgehead atoms. The van der Waals surface area contributed by atoms with Crippen molar-refractivity contribution in [1.82, 2.24) is 19.9 Å². The molecule has 1 atom stereocenters. The molecule has 2 heterocycles. The Bertz CT molecular complexity index is 943. The number of hydrogen-bond donors (Lipinski definition) is 1. The summed E-state index contributed by atoms with van der Waals surface area (Å²) >= 11 is 1.66. The van der Waals surface area contributed by atoms with E-state index in [1.54, 1.807) is 17.8 Å². The maximum Gasteiger partial charge on any atom is 0.270 e. The van der Waals surface area contributed by atoms with Crippen LogP contribution in [0.5, 0.6) is 0 Å². The number of benzene rings is 1. The van der Waals surface area contributed by atoms with E-state index >= 15 is 0 Å². The third-order valence-electron chi connectivity index (χ3n) is 3.89. The van der Waals surface area contributed by atoms with Crippen LogP contribution in [0.3, 0.4) is 0 Å². The maximum atomic E-state index is 12.6. The van der Waals surface area contributed by atoms with Gasteiger partial charge >= 0.3 is 0 Å². The molecule has 3 aromatic rings. The summed E-state index contributed by atoms with van der Waals surface area (Å²) in [6.45, 7) is 0. The second-order valence-electron chi connectivity index (χ2n) is 5.60. The van der Waals surface area contributed by atoms with Gasteiger partial charge in [0.1, 0.15) is 0 Å². The first-order chi connectivity index (χ1) is 12.6. The topological polar surface area (TPSA) is 102 Å². The van der Waals surface area contributed by atoms with Crippen LogP contribution in [0.4, 0.5) is 5.69 Å². The van der Waals surface area contributed by atoms with E-state index in [1.165, 1.54) is 18.2 Å². The van der Waals surface area contributed by atoms with E-state index in [9.17, 15) is 14.9 Å². The highest BCUT2D eigenvalue weighted by Gasteiger charge is 2.21. The van der Waals surface area contributed by atoms with Crippen molar-refractivity contribution in [3.63, 3.8) is 0 Å². The molecule has 0 aliphatic carbocycles. The minimum atomic E-state index is -0.520. The lowest BCUT2D eigenvalue weighted by atomic mass is 10.1. The predicted molar refractivity (Wildman–Crippen MR) is 99.3 cm³/mol. The molecule has 0 aliphatic rings. The molecule has 9 heteroatoms. The third kappa shape index (κ3) is 3.83. The SMILES string of the molecule is CSCCC(NC(=O)c1cccc([N+](=O)[O-])c1)c1nnc2ccccn12. The van der Waals surface area contributed by atoms with Crippen molar-refractivity contribution in [1.29, 1.82) is 0 Å². The van der Waals surface area contributed by atoms with Crippen molar-refractivity contribution >= 4 is 29.0 Å². The molecule has 0 saturated heterocycles. The van der Waals surface area contributed by atoms with Crippen molar-refractivity contribution in [2.75, 3.05) is 12.0 Å². The number of pyridine rings is 1. The zero-order chi connectivity index (χ0) is 18.5. The van der Waals surface area contributed by atoms with Crippen LogP contribution in [0.2, 0.25) is 0 Å². The highest BCUT2D eigenvalue weighted by Crippen LogP contribution is 2.20. The fraction of sp³-hybridized carbons (Fsp3) is 0.235. The fourth-order valence-corrected chi connectivity index (χ4v) is 3.07. The summed E-state index contributed by atoms with van der Waals surface area (Å²) in [7, 11) is 0. The van der Waals surface area contributed by atoms with Crippen molar-refractivity contribution in [3.05, 3.63) is 70.2 Å². The van der Waals surface area contributed by atoms with Gasteiger partial charge in [0, 0.05) is 23.9 Å². The van der Waals surface area contributed by atoms with Gasteiger partial charge in [-0.2, -0.15) is 11.8 Å². The number of fused-ring (bicyclic) bond motifs is 1. The van der Waals surface area contributed by atoms with E-state index < -0.39 is 4.92 Å². The Morgan fingerprint density at radius 2 is 2.15 bits per heavy atom. The maximum absolute atomic E-state index is 12.6. The number of nitrogens with one attached hydrogen (secondary N) is 1. The Morgan fingerprint density at radius 3 is 2.92 bits per heavy atom. The van der Waals surface area contributed by atoms with E-state index in [0.29, 0.717) is 17.9 Å². The van der Waals surface area contributed by atoms with Crippen LogP contribution < -0.4 is 5.32 Å². The zero-order valence-corrected chi connectivity index (χ0v) is 14.8. The van der Waals surface area contributed by atoms with E-state index in [-0.39, 0.29) is 23.2 Å². The number of carbonyl (C=O) groups is 1. The number of carbonyl (C=O) groups excluding carboxylic acids is 1. The standard InChI is InChI=1S/C17H17N5O3S/c1-26-10-8-14(16-20-19-15-7-2-3-9-21(15)16)18-17(23)12-5-4-6-13(11-12)22(24)25/h2-7,9,11,14H,8,10H2,1H3,(H,18,23). The zero-order valence-electron chi connectivity index (χ0n) is 14.0. The normalized spacial score (nSPS) is 12.0. The van der Waals surface area contributed by atoms with Gasteiger partial charge in [-0.15, -0.1) is 10.2 Å². The van der Waals surface area contributed by atoms with E-state index in [2.05, 4.69) is 15.5 Å². The number of non-ortho nitro benzene ring substituents is 1. The molecule has 1 unspecified atom stereocenters. The summed E-state index contributed by atoms with van der Waals surface area (Å²) in [5, 5.41) is 22.2. The quantitative estimate of drug-likeness (QED) is 0.506. The fourth-order valence-electron chi connectivity index (χ4n) is 2.60. The second kappa shape index (κ2) is 7.96. The minimum Gasteiger partial charge on any atom is -0.342 e. The third-order valence-corrected chi connectivity index (χ3v) is 4.53. The Morgan fingerprint density at radius 1 is 1.31 bits per heavy atom. The minimum absolute atomic E-state index is 0.119. The molecule has 26 heavy (non-hydrogen) atoms. The van der Waals surface area contributed by atoms with Gasteiger partial charge in [-0.25, -0.2) is 0 Å².